The summed E-state index contributed by atoms with van der Waals surface area (Å²) in [6.45, 7) is 0.518. The molecule has 0 aliphatic heterocycles. The Labute approximate surface area is 215 Å². The first kappa shape index (κ1) is 27.0. The third-order valence-corrected chi connectivity index (χ3v) is 6.22. The number of nitrogens with one attached hydrogen (secondary N) is 1. The maximum atomic E-state index is 12.6. The number of aryl methyl sites for hydroxylation is 1. The molecule has 3 rings (SSSR count). The molecule has 3 N–H and O–H groups in total. The second kappa shape index (κ2) is 15.4. The van der Waals surface area contributed by atoms with E-state index in [1.807, 2.05) is 60.7 Å². The Morgan fingerprint density at radius 2 is 1.36 bits per heavy atom. The van der Waals surface area contributed by atoms with Gasteiger partial charge in [-0.1, -0.05) is 85.6 Å². The largest absolute Gasteiger partial charge is 0.489 e. The van der Waals surface area contributed by atoms with Gasteiger partial charge in [-0.25, -0.2) is 0 Å². The van der Waals surface area contributed by atoms with Crippen molar-refractivity contribution < 1.29 is 14.3 Å². The Hall–Kier alpha value is -3.60. The van der Waals surface area contributed by atoms with Crippen LogP contribution in [-0.4, -0.2) is 17.9 Å². The van der Waals surface area contributed by atoms with Crippen LogP contribution >= 0.6 is 0 Å². The maximum absolute atomic E-state index is 12.6. The van der Waals surface area contributed by atoms with Crippen molar-refractivity contribution in [1.29, 1.82) is 0 Å². The minimum atomic E-state index is -0.350. The summed E-state index contributed by atoms with van der Waals surface area (Å²) < 4.78 is 5.86. The number of amides is 2. The topological polar surface area (TPSA) is 81.4 Å². The molecular weight excluding hydrogens is 448 g/mol. The molecule has 0 saturated carbocycles. The highest BCUT2D eigenvalue weighted by Gasteiger charge is 2.14. The summed E-state index contributed by atoms with van der Waals surface area (Å²) in [6, 6.07) is 28.3. The first-order valence-electron chi connectivity index (χ1n) is 13.0. The van der Waals surface area contributed by atoms with Gasteiger partial charge in [0.15, 0.2) is 0 Å². The van der Waals surface area contributed by atoms with Gasteiger partial charge in [-0.05, 0) is 60.9 Å². The van der Waals surface area contributed by atoms with Crippen LogP contribution in [0, 0.1) is 0 Å². The number of unbranched alkanes of at least 4 members (excludes halogenated alkanes) is 3. The zero-order valence-electron chi connectivity index (χ0n) is 21.0. The normalized spacial score (nSPS) is 11.6. The van der Waals surface area contributed by atoms with E-state index in [0.717, 1.165) is 49.0 Å². The van der Waals surface area contributed by atoms with Gasteiger partial charge >= 0.3 is 0 Å². The molecule has 5 nitrogen and oxygen atoms in total. The molecule has 3 aromatic carbocycles. The van der Waals surface area contributed by atoms with Gasteiger partial charge in [0.1, 0.15) is 12.4 Å². The first-order valence-corrected chi connectivity index (χ1v) is 13.0. The molecule has 0 aromatic heterocycles. The molecule has 5 heteroatoms. The van der Waals surface area contributed by atoms with Crippen LogP contribution in [0.2, 0.25) is 0 Å². The van der Waals surface area contributed by atoms with Crippen LogP contribution in [0.4, 0.5) is 0 Å². The average Bonchev–Trinajstić information content (AvgIpc) is 2.90. The number of rotatable bonds is 16. The van der Waals surface area contributed by atoms with Crippen LogP contribution in [0.15, 0.2) is 84.9 Å². The highest BCUT2D eigenvalue weighted by Crippen LogP contribution is 2.17. The second-order valence-corrected chi connectivity index (χ2v) is 9.29. The number of nitrogens with two attached hydrogens (primary N) is 1. The van der Waals surface area contributed by atoms with Gasteiger partial charge in [0.25, 0.3) is 0 Å². The second-order valence-electron chi connectivity index (χ2n) is 9.29. The SMILES string of the molecule is NC(=O)CC[C@@H](Cc1ccc(OCc2ccccc2)cc1)NC(=O)CCCCCCc1ccccc1. The van der Waals surface area contributed by atoms with Crippen molar-refractivity contribution >= 4 is 11.8 Å². The summed E-state index contributed by atoms with van der Waals surface area (Å²) in [6.07, 6.45) is 7.18. The smallest absolute Gasteiger partial charge is 0.220 e. The zero-order valence-corrected chi connectivity index (χ0v) is 21.0. The highest BCUT2D eigenvalue weighted by atomic mass is 16.5. The zero-order chi connectivity index (χ0) is 25.4. The first-order chi connectivity index (χ1) is 17.6. The van der Waals surface area contributed by atoms with Crippen molar-refractivity contribution in [3.8, 4) is 5.75 Å². The molecule has 0 spiro atoms. The van der Waals surface area contributed by atoms with Gasteiger partial charge in [0.05, 0.1) is 0 Å². The maximum Gasteiger partial charge on any atom is 0.220 e. The van der Waals surface area contributed by atoms with Gasteiger partial charge in [-0.3, -0.25) is 9.59 Å². The molecule has 0 bridgehead atoms. The van der Waals surface area contributed by atoms with E-state index in [1.54, 1.807) is 0 Å². The Bertz CT molecular complexity index is 1040. The third-order valence-electron chi connectivity index (χ3n) is 6.22. The van der Waals surface area contributed by atoms with E-state index >= 15 is 0 Å². The van der Waals surface area contributed by atoms with Crippen LogP contribution in [0.5, 0.6) is 5.75 Å². The van der Waals surface area contributed by atoms with Crippen molar-refractivity contribution in [3.63, 3.8) is 0 Å². The fourth-order valence-electron chi connectivity index (χ4n) is 4.20. The third kappa shape index (κ3) is 10.8. The molecular formula is C31H38N2O3. The van der Waals surface area contributed by atoms with E-state index < -0.39 is 0 Å². The van der Waals surface area contributed by atoms with Crippen molar-refractivity contribution in [2.75, 3.05) is 0 Å². The average molecular weight is 487 g/mol. The van der Waals surface area contributed by atoms with Gasteiger partial charge in [-0.2, -0.15) is 0 Å². The quantitative estimate of drug-likeness (QED) is 0.253. The predicted molar refractivity (Wildman–Crippen MR) is 145 cm³/mol. The summed E-state index contributed by atoms with van der Waals surface area (Å²) in [5.41, 5.74) is 8.93. The Morgan fingerprint density at radius 1 is 0.722 bits per heavy atom. The van der Waals surface area contributed by atoms with Crippen LogP contribution in [0.3, 0.4) is 0 Å². The number of carbonyl (C=O) groups is 2. The van der Waals surface area contributed by atoms with Crippen molar-refractivity contribution in [2.45, 2.75) is 70.4 Å². The number of primary amides is 1. The van der Waals surface area contributed by atoms with Crippen LogP contribution in [0.1, 0.15) is 61.6 Å². The minimum absolute atomic E-state index is 0.0374. The molecule has 1 atom stereocenters. The minimum Gasteiger partial charge on any atom is -0.489 e. The van der Waals surface area contributed by atoms with E-state index in [-0.39, 0.29) is 24.3 Å². The summed E-state index contributed by atoms with van der Waals surface area (Å²) >= 11 is 0. The van der Waals surface area contributed by atoms with Gasteiger partial charge in [0.2, 0.25) is 11.8 Å². The Balaban J connectivity index is 1.40. The molecule has 3 aromatic rings. The lowest BCUT2D eigenvalue weighted by atomic mass is 10.0. The Kier molecular flexibility index (Phi) is 11.6. The molecule has 0 aliphatic rings. The van der Waals surface area contributed by atoms with E-state index in [1.165, 1.54) is 5.56 Å². The monoisotopic (exact) mass is 486 g/mol. The number of benzene rings is 3. The number of carbonyl (C=O) groups excluding carboxylic acids is 2. The summed E-state index contributed by atoms with van der Waals surface area (Å²) in [5, 5.41) is 3.12. The van der Waals surface area contributed by atoms with E-state index in [0.29, 0.717) is 25.9 Å². The predicted octanol–water partition coefficient (Wildman–Crippen LogP) is 5.75. The molecule has 2 amide bonds. The summed E-state index contributed by atoms with van der Waals surface area (Å²) in [4.78, 5) is 23.9. The fourth-order valence-corrected chi connectivity index (χ4v) is 4.20. The molecule has 0 fully saturated rings. The standard InChI is InChI=1S/C31H38N2O3/c32-30(34)22-19-28(33-31(35)16-10-2-1-5-11-25-12-6-3-7-13-25)23-26-17-20-29(21-18-26)36-24-27-14-8-4-9-15-27/h3-4,6-9,12-15,17-18,20-21,28H,1-2,5,10-11,16,19,22-24H2,(H2,32,34)(H,33,35)/t28-/m0/s1. The highest BCUT2D eigenvalue weighted by molar-refractivity contribution is 5.76. The van der Waals surface area contributed by atoms with Crippen LogP contribution in [-0.2, 0) is 29.0 Å². The Morgan fingerprint density at radius 3 is 2.03 bits per heavy atom. The van der Waals surface area contributed by atoms with E-state index in [2.05, 4.69) is 29.6 Å². The van der Waals surface area contributed by atoms with E-state index in [4.69, 9.17) is 10.5 Å². The number of hydrogen-bond donors (Lipinski definition) is 2. The van der Waals surface area contributed by atoms with Crippen molar-refractivity contribution in [3.05, 3.63) is 102 Å². The molecule has 190 valence electrons. The lowest BCUT2D eigenvalue weighted by molar-refractivity contribution is -0.122. The van der Waals surface area contributed by atoms with Crippen LogP contribution < -0.4 is 15.8 Å². The molecule has 0 radical (unpaired) electrons. The lowest BCUT2D eigenvalue weighted by Gasteiger charge is -2.19. The summed E-state index contributed by atoms with van der Waals surface area (Å²) in [7, 11) is 0. The van der Waals surface area contributed by atoms with Gasteiger partial charge in [-0.15, -0.1) is 0 Å². The van der Waals surface area contributed by atoms with Crippen molar-refractivity contribution in [2.24, 2.45) is 5.73 Å². The van der Waals surface area contributed by atoms with Crippen LogP contribution in [0.25, 0.3) is 0 Å². The molecule has 36 heavy (non-hydrogen) atoms. The lowest BCUT2D eigenvalue weighted by Crippen LogP contribution is -2.37. The van der Waals surface area contributed by atoms with Gasteiger partial charge in [0, 0.05) is 18.9 Å². The van der Waals surface area contributed by atoms with E-state index in [9.17, 15) is 9.59 Å². The molecule has 0 unspecified atom stereocenters. The number of ether oxygens (including phenoxy) is 1. The summed E-state index contributed by atoms with van der Waals surface area (Å²) in [5.74, 6) is 0.486. The molecule has 0 aliphatic carbocycles. The molecule has 0 heterocycles. The fraction of sp³-hybridized carbons (Fsp3) is 0.355. The number of hydrogen-bond acceptors (Lipinski definition) is 3. The molecule has 0 saturated heterocycles. The van der Waals surface area contributed by atoms with Crippen molar-refractivity contribution in [1.82, 2.24) is 5.32 Å². The van der Waals surface area contributed by atoms with Gasteiger partial charge < -0.3 is 15.8 Å².